The molecule has 0 amide bonds. The number of hydrogen-bond acceptors (Lipinski definition) is 6. The Morgan fingerprint density at radius 2 is 1.39 bits per heavy atom. The van der Waals surface area contributed by atoms with Gasteiger partial charge < -0.3 is 9.64 Å². The van der Waals surface area contributed by atoms with E-state index in [1.54, 1.807) is 32.2 Å². The summed E-state index contributed by atoms with van der Waals surface area (Å²) >= 11 is 0. The van der Waals surface area contributed by atoms with Crippen LogP contribution in [0.25, 0.3) is 0 Å². The predicted octanol–water partition coefficient (Wildman–Crippen LogP) is 2.86. The van der Waals surface area contributed by atoms with Crippen molar-refractivity contribution in [2.45, 2.75) is 23.6 Å². The molecule has 1 fully saturated rings. The highest BCUT2D eigenvalue weighted by atomic mass is 32.2. The lowest BCUT2D eigenvalue weighted by atomic mass is 10.2. The summed E-state index contributed by atoms with van der Waals surface area (Å²) in [7, 11) is -6.15. The van der Waals surface area contributed by atoms with Crippen molar-refractivity contribution in [1.82, 2.24) is 8.28 Å². The summed E-state index contributed by atoms with van der Waals surface area (Å²) in [5.74, 6) is 0.765. The molecule has 2 aromatic carbocycles. The molecule has 2 heterocycles. The maximum absolute atomic E-state index is 13.4. The minimum atomic E-state index is -3.91. The Morgan fingerprint density at radius 3 is 1.97 bits per heavy atom. The van der Waals surface area contributed by atoms with E-state index in [2.05, 4.69) is 4.90 Å². The second kappa shape index (κ2) is 8.85. The fraction of sp³-hybridized carbons (Fsp3) is 0.304. The maximum atomic E-state index is 13.4. The number of piperazine rings is 1. The van der Waals surface area contributed by atoms with E-state index in [1.807, 2.05) is 24.3 Å². The molecule has 10 heteroatoms. The monoisotopic (exact) mass is 489 g/mol. The Bertz CT molecular complexity index is 1340. The van der Waals surface area contributed by atoms with E-state index in [4.69, 9.17) is 4.74 Å². The molecule has 4 rings (SSSR count). The van der Waals surface area contributed by atoms with Crippen molar-refractivity contribution < 1.29 is 21.6 Å². The Hall–Kier alpha value is -2.82. The van der Waals surface area contributed by atoms with Gasteiger partial charge in [0.1, 0.15) is 10.6 Å². The molecule has 3 aromatic rings. The largest absolute Gasteiger partial charge is 0.497 e. The first-order valence-corrected chi connectivity index (χ1v) is 13.4. The van der Waals surface area contributed by atoms with Gasteiger partial charge in [0.15, 0.2) is 0 Å². The van der Waals surface area contributed by atoms with Gasteiger partial charge in [-0.25, -0.2) is 20.8 Å². The van der Waals surface area contributed by atoms with Crippen molar-refractivity contribution in [2.24, 2.45) is 0 Å². The van der Waals surface area contributed by atoms with Crippen LogP contribution in [0.5, 0.6) is 5.75 Å². The molecule has 0 radical (unpaired) electrons. The molecule has 0 spiro atoms. The molecule has 1 aliphatic heterocycles. The summed E-state index contributed by atoms with van der Waals surface area (Å²) < 4.78 is 61.0. The minimum Gasteiger partial charge on any atom is -0.497 e. The minimum absolute atomic E-state index is 0.0254. The first kappa shape index (κ1) is 23.3. The van der Waals surface area contributed by atoms with E-state index in [-0.39, 0.29) is 15.5 Å². The zero-order chi connectivity index (χ0) is 23.8. The highest BCUT2D eigenvalue weighted by Gasteiger charge is 2.33. The van der Waals surface area contributed by atoms with Crippen LogP contribution in [0.2, 0.25) is 0 Å². The molecule has 0 N–H and O–H groups in total. The predicted molar refractivity (Wildman–Crippen MR) is 127 cm³/mol. The maximum Gasteiger partial charge on any atom is 0.268 e. The van der Waals surface area contributed by atoms with Gasteiger partial charge >= 0.3 is 0 Å². The molecule has 8 nitrogen and oxygen atoms in total. The molecule has 1 aliphatic rings. The van der Waals surface area contributed by atoms with Gasteiger partial charge in [-0.3, -0.25) is 0 Å². The molecule has 1 aromatic heterocycles. The molecule has 0 saturated carbocycles. The van der Waals surface area contributed by atoms with Gasteiger partial charge in [0, 0.05) is 37.6 Å². The number of aromatic nitrogens is 1. The van der Waals surface area contributed by atoms with Crippen LogP contribution in [0, 0.1) is 13.8 Å². The van der Waals surface area contributed by atoms with Crippen molar-refractivity contribution in [2.75, 3.05) is 38.2 Å². The summed E-state index contributed by atoms with van der Waals surface area (Å²) in [5.41, 5.74) is 1.54. The van der Waals surface area contributed by atoms with Gasteiger partial charge in [0.25, 0.3) is 10.0 Å². The lowest BCUT2D eigenvalue weighted by Gasteiger charge is -2.35. The van der Waals surface area contributed by atoms with Crippen LogP contribution in [-0.4, -0.2) is 58.4 Å². The van der Waals surface area contributed by atoms with Crippen LogP contribution < -0.4 is 9.64 Å². The Morgan fingerprint density at radius 1 is 0.788 bits per heavy atom. The SMILES string of the molecule is COc1ccc(N2CCN(S(=O)(=O)c3cc(C)n(S(=O)(=O)c4ccccc4)c3C)CC2)cc1. The van der Waals surface area contributed by atoms with E-state index in [9.17, 15) is 16.8 Å². The number of sulfonamides is 1. The number of ether oxygens (including phenoxy) is 1. The van der Waals surface area contributed by atoms with Crippen LogP contribution in [0.15, 0.2) is 70.5 Å². The number of anilines is 1. The first-order chi connectivity index (χ1) is 15.7. The van der Waals surface area contributed by atoms with Crippen LogP contribution in [0.1, 0.15) is 11.4 Å². The smallest absolute Gasteiger partial charge is 0.268 e. The molecule has 33 heavy (non-hydrogen) atoms. The summed E-state index contributed by atoms with van der Waals surface area (Å²) in [6.45, 7) is 4.83. The second-order valence-corrected chi connectivity index (χ2v) is 11.6. The van der Waals surface area contributed by atoms with Crippen molar-refractivity contribution in [3.63, 3.8) is 0 Å². The second-order valence-electron chi connectivity index (χ2n) is 7.91. The third-order valence-electron chi connectivity index (χ3n) is 5.90. The van der Waals surface area contributed by atoms with Crippen LogP contribution in [0.4, 0.5) is 5.69 Å². The highest BCUT2D eigenvalue weighted by molar-refractivity contribution is 7.90. The standard InChI is InChI=1S/C23H27N3O5S2/c1-18-17-23(19(2)26(18)32(27,28)22-7-5-4-6-8-22)33(29,30)25-15-13-24(14-16-25)20-9-11-21(31-3)12-10-20/h4-12,17H,13-16H2,1-3H3. The number of nitrogens with zero attached hydrogens (tertiary/aromatic N) is 3. The number of methoxy groups -OCH3 is 1. The molecule has 0 unspecified atom stereocenters. The number of aryl methyl sites for hydroxylation is 1. The summed E-state index contributed by atoms with van der Waals surface area (Å²) in [6.07, 6.45) is 0. The topological polar surface area (TPSA) is 88.9 Å². The van der Waals surface area contributed by atoms with E-state index in [0.29, 0.717) is 31.9 Å². The third kappa shape index (κ3) is 4.25. The molecular weight excluding hydrogens is 462 g/mol. The zero-order valence-corrected chi connectivity index (χ0v) is 20.4. The Balaban J connectivity index is 1.58. The van der Waals surface area contributed by atoms with Crippen molar-refractivity contribution in [3.8, 4) is 5.75 Å². The van der Waals surface area contributed by atoms with Gasteiger partial charge in [-0.2, -0.15) is 4.31 Å². The van der Waals surface area contributed by atoms with Gasteiger partial charge in [-0.1, -0.05) is 18.2 Å². The van der Waals surface area contributed by atoms with E-state index in [0.717, 1.165) is 15.4 Å². The average Bonchev–Trinajstić information content (AvgIpc) is 3.15. The molecule has 1 saturated heterocycles. The number of benzene rings is 2. The highest BCUT2D eigenvalue weighted by Crippen LogP contribution is 2.29. The van der Waals surface area contributed by atoms with Crippen molar-refractivity contribution >= 4 is 25.7 Å². The zero-order valence-electron chi connectivity index (χ0n) is 18.8. The lowest BCUT2D eigenvalue weighted by molar-refractivity contribution is 0.384. The Labute approximate surface area is 195 Å². The van der Waals surface area contributed by atoms with Crippen molar-refractivity contribution in [3.05, 3.63) is 72.1 Å². The van der Waals surface area contributed by atoms with Gasteiger partial charge in [-0.15, -0.1) is 0 Å². The molecule has 176 valence electrons. The van der Waals surface area contributed by atoms with Gasteiger partial charge in [0.2, 0.25) is 10.0 Å². The van der Waals surface area contributed by atoms with Gasteiger partial charge in [-0.05, 0) is 56.3 Å². The molecule has 0 bridgehead atoms. The fourth-order valence-electron chi connectivity index (χ4n) is 4.17. The van der Waals surface area contributed by atoms with Crippen molar-refractivity contribution in [1.29, 1.82) is 0 Å². The van der Waals surface area contributed by atoms with Crippen LogP contribution >= 0.6 is 0 Å². The number of rotatable bonds is 6. The summed E-state index contributed by atoms with van der Waals surface area (Å²) in [4.78, 5) is 2.26. The first-order valence-electron chi connectivity index (χ1n) is 10.5. The van der Waals surface area contributed by atoms with Gasteiger partial charge in [0.05, 0.1) is 17.7 Å². The van der Waals surface area contributed by atoms with E-state index in [1.165, 1.54) is 29.4 Å². The molecule has 0 atom stereocenters. The fourth-order valence-corrected chi connectivity index (χ4v) is 7.53. The molecular formula is C23H27N3O5S2. The molecule has 0 aliphatic carbocycles. The van der Waals surface area contributed by atoms with E-state index < -0.39 is 20.0 Å². The Kier molecular flexibility index (Phi) is 6.26. The third-order valence-corrected chi connectivity index (χ3v) is 9.82. The quantitative estimate of drug-likeness (QED) is 0.529. The normalized spacial score (nSPS) is 15.5. The van der Waals surface area contributed by atoms with Crippen LogP contribution in [0.3, 0.4) is 0 Å². The summed E-state index contributed by atoms with van der Waals surface area (Å²) in [6, 6.07) is 17.1. The summed E-state index contributed by atoms with van der Waals surface area (Å²) in [5, 5.41) is 0. The lowest BCUT2D eigenvalue weighted by Crippen LogP contribution is -2.48. The average molecular weight is 490 g/mol. The van der Waals surface area contributed by atoms with Crippen LogP contribution in [-0.2, 0) is 20.0 Å². The van der Waals surface area contributed by atoms with E-state index >= 15 is 0 Å². The number of hydrogen-bond donors (Lipinski definition) is 0.